The Bertz CT molecular complexity index is 310. The topological polar surface area (TPSA) is 59.0 Å². The Labute approximate surface area is 121 Å². The van der Waals surface area contributed by atoms with Crippen LogP contribution in [0.1, 0.15) is 44.9 Å². The van der Waals surface area contributed by atoms with Gasteiger partial charge in [0.2, 0.25) is 5.91 Å². The third-order valence-electron chi connectivity index (χ3n) is 5.41. The van der Waals surface area contributed by atoms with Crippen LogP contribution in [0.15, 0.2) is 0 Å². The second-order valence-electron chi connectivity index (χ2n) is 6.67. The van der Waals surface area contributed by atoms with Crippen LogP contribution >= 0.6 is 0 Å². The van der Waals surface area contributed by atoms with Crippen LogP contribution in [0.2, 0.25) is 0 Å². The molecule has 3 rings (SSSR count). The van der Waals surface area contributed by atoms with Crippen molar-refractivity contribution in [1.82, 2.24) is 15.1 Å². The van der Waals surface area contributed by atoms with Gasteiger partial charge in [-0.3, -0.25) is 0 Å². The van der Waals surface area contributed by atoms with Crippen molar-refractivity contribution < 1.29 is 10.2 Å². The number of piperidine rings is 1. The number of nitrogens with zero attached hydrogens (tertiary/aromatic N) is 2. The van der Waals surface area contributed by atoms with Crippen LogP contribution in [0.3, 0.4) is 0 Å². The van der Waals surface area contributed by atoms with Gasteiger partial charge < -0.3 is 20.4 Å². The average molecular weight is 283 g/mol. The smallest absolute Gasteiger partial charge is 0.226 e. The molecule has 3 aliphatic rings. The molecule has 0 spiro atoms. The summed E-state index contributed by atoms with van der Waals surface area (Å²) >= 11 is 0. The van der Waals surface area contributed by atoms with E-state index in [1.54, 1.807) is 0 Å². The molecule has 0 aromatic carbocycles. The van der Waals surface area contributed by atoms with Gasteiger partial charge in [0, 0.05) is 38.1 Å². The molecule has 1 aliphatic carbocycles. The van der Waals surface area contributed by atoms with Gasteiger partial charge in [-0.2, -0.15) is 0 Å². The van der Waals surface area contributed by atoms with Gasteiger partial charge in [0.05, 0.1) is 0 Å². The molecule has 116 valence electrons. The molecule has 2 aliphatic heterocycles. The Kier molecular flexibility index (Phi) is 4.62. The summed E-state index contributed by atoms with van der Waals surface area (Å²) in [6.45, 7) is 4.52. The van der Waals surface area contributed by atoms with E-state index >= 15 is 0 Å². The summed E-state index contributed by atoms with van der Waals surface area (Å²) in [5.41, 5.74) is 0. The SMILES string of the molecule is OC1(O)CCNCCN1C1CCN(C2CCCC2)CC1. The number of hydrogen-bond acceptors (Lipinski definition) is 5. The van der Waals surface area contributed by atoms with E-state index < -0.39 is 5.91 Å². The molecule has 3 fully saturated rings. The Morgan fingerprint density at radius 1 is 0.850 bits per heavy atom. The van der Waals surface area contributed by atoms with Gasteiger partial charge in [-0.15, -0.1) is 0 Å². The van der Waals surface area contributed by atoms with Gasteiger partial charge in [0.15, 0.2) is 0 Å². The molecule has 3 N–H and O–H groups in total. The van der Waals surface area contributed by atoms with Gasteiger partial charge in [0.25, 0.3) is 0 Å². The zero-order valence-corrected chi connectivity index (χ0v) is 12.4. The molecular formula is C15H29N3O2. The van der Waals surface area contributed by atoms with E-state index in [0.29, 0.717) is 19.0 Å². The van der Waals surface area contributed by atoms with Crippen LogP contribution in [0.5, 0.6) is 0 Å². The summed E-state index contributed by atoms with van der Waals surface area (Å²) in [5, 5.41) is 23.8. The minimum Gasteiger partial charge on any atom is -0.353 e. The first-order valence-corrected chi connectivity index (χ1v) is 8.33. The van der Waals surface area contributed by atoms with Gasteiger partial charge >= 0.3 is 0 Å². The Balaban J connectivity index is 1.56. The number of likely N-dealkylation sites (tertiary alicyclic amines) is 1. The fourth-order valence-electron chi connectivity index (χ4n) is 4.21. The van der Waals surface area contributed by atoms with Crippen molar-refractivity contribution in [2.75, 3.05) is 32.7 Å². The van der Waals surface area contributed by atoms with Crippen molar-refractivity contribution in [2.24, 2.45) is 0 Å². The fourth-order valence-corrected chi connectivity index (χ4v) is 4.21. The summed E-state index contributed by atoms with van der Waals surface area (Å²) in [6.07, 6.45) is 8.04. The zero-order chi connectivity index (χ0) is 14.0. The van der Waals surface area contributed by atoms with Crippen LogP contribution < -0.4 is 5.32 Å². The molecule has 5 nitrogen and oxygen atoms in total. The van der Waals surface area contributed by atoms with Crippen molar-refractivity contribution in [1.29, 1.82) is 0 Å². The van der Waals surface area contributed by atoms with Gasteiger partial charge in [-0.25, -0.2) is 4.90 Å². The molecule has 1 saturated carbocycles. The summed E-state index contributed by atoms with van der Waals surface area (Å²) in [7, 11) is 0. The highest BCUT2D eigenvalue weighted by molar-refractivity contribution is 4.88. The monoisotopic (exact) mass is 283 g/mol. The Morgan fingerprint density at radius 2 is 1.55 bits per heavy atom. The van der Waals surface area contributed by atoms with E-state index in [1.165, 1.54) is 25.7 Å². The zero-order valence-electron chi connectivity index (χ0n) is 12.4. The van der Waals surface area contributed by atoms with Crippen molar-refractivity contribution in [2.45, 2.75) is 62.9 Å². The quantitative estimate of drug-likeness (QED) is 0.638. The number of hydrogen-bond donors (Lipinski definition) is 3. The van der Waals surface area contributed by atoms with E-state index in [-0.39, 0.29) is 0 Å². The predicted molar refractivity (Wildman–Crippen MR) is 78.2 cm³/mol. The average Bonchev–Trinajstić information content (AvgIpc) is 2.91. The van der Waals surface area contributed by atoms with Gasteiger partial charge in [0.1, 0.15) is 0 Å². The van der Waals surface area contributed by atoms with E-state index in [4.69, 9.17) is 0 Å². The fraction of sp³-hybridized carbons (Fsp3) is 1.00. The Hall–Kier alpha value is -0.200. The largest absolute Gasteiger partial charge is 0.353 e. The molecule has 5 heteroatoms. The predicted octanol–water partition coefficient (Wildman–Crippen LogP) is 0.327. The van der Waals surface area contributed by atoms with E-state index in [0.717, 1.165) is 45.1 Å². The maximum atomic E-state index is 10.3. The summed E-state index contributed by atoms with van der Waals surface area (Å²) in [6, 6.07) is 1.12. The van der Waals surface area contributed by atoms with Crippen molar-refractivity contribution in [3.8, 4) is 0 Å². The van der Waals surface area contributed by atoms with E-state index in [9.17, 15) is 10.2 Å². The van der Waals surface area contributed by atoms with Crippen LogP contribution in [0.4, 0.5) is 0 Å². The summed E-state index contributed by atoms with van der Waals surface area (Å²) in [5.74, 6) is -1.62. The lowest BCUT2D eigenvalue weighted by Crippen LogP contribution is -2.57. The molecule has 0 unspecified atom stereocenters. The first kappa shape index (κ1) is 14.7. The second-order valence-corrected chi connectivity index (χ2v) is 6.67. The first-order valence-electron chi connectivity index (χ1n) is 8.33. The molecule has 0 radical (unpaired) electrons. The lowest BCUT2D eigenvalue weighted by atomic mass is 9.99. The molecule has 20 heavy (non-hydrogen) atoms. The molecule has 2 heterocycles. The minimum absolute atomic E-state index is 0.322. The molecule has 0 amide bonds. The lowest BCUT2D eigenvalue weighted by Gasteiger charge is -2.44. The van der Waals surface area contributed by atoms with Crippen LogP contribution in [-0.4, -0.2) is 70.7 Å². The maximum absolute atomic E-state index is 10.3. The van der Waals surface area contributed by atoms with E-state index in [2.05, 4.69) is 10.2 Å². The molecule has 0 aromatic rings. The normalized spacial score (nSPS) is 31.5. The van der Waals surface area contributed by atoms with Gasteiger partial charge in [-0.05, 0) is 38.8 Å². The van der Waals surface area contributed by atoms with Crippen LogP contribution in [0, 0.1) is 0 Å². The van der Waals surface area contributed by atoms with Crippen molar-refractivity contribution >= 4 is 0 Å². The van der Waals surface area contributed by atoms with Crippen molar-refractivity contribution in [3.63, 3.8) is 0 Å². The van der Waals surface area contributed by atoms with Gasteiger partial charge in [-0.1, -0.05) is 12.8 Å². The second kappa shape index (κ2) is 6.28. The molecule has 2 saturated heterocycles. The minimum atomic E-state index is -1.62. The highest BCUT2D eigenvalue weighted by Crippen LogP contribution is 2.29. The number of aliphatic hydroxyl groups is 2. The third-order valence-corrected chi connectivity index (χ3v) is 5.41. The molecule has 0 atom stereocenters. The van der Waals surface area contributed by atoms with Crippen LogP contribution in [0.25, 0.3) is 0 Å². The van der Waals surface area contributed by atoms with Crippen LogP contribution in [-0.2, 0) is 0 Å². The first-order chi connectivity index (χ1) is 9.67. The van der Waals surface area contributed by atoms with E-state index in [1.807, 2.05) is 4.90 Å². The standard InChI is InChI=1S/C15H29N3O2/c19-15(20)7-8-16-9-12-18(15)14-5-10-17(11-6-14)13-3-1-2-4-13/h13-14,16,19-20H,1-12H2. The maximum Gasteiger partial charge on any atom is 0.226 e. The Morgan fingerprint density at radius 3 is 2.25 bits per heavy atom. The lowest BCUT2D eigenvalue weighted by molar-refractivity contribution is -0.276. The van der Waals surface area contributed by atoms with Crippen molar-refractivity contribution in [3.05, 3.63) is 0 Å². The third kappa shape index (κ3) is 3.17. The molecule has 0 aromatic heterocycles. The number of nitrogens with one attached hydrogen (secondary N) is 1. The highest BCUT2D eigenvalue weighted by Gasteiger charge is 2.39. The summed E-state index contributed by atoms with van der Waals surface area (Å²) in [4.78, 5) is 4.56. The molecule has 0 bridgehead atoms. The highest BCUT2D eigenvalue weighted by atomic mass is 16.5. The molecular weight excluding hydrogens is 254 g/mol. The number of rotatable bonds is 2. The summed E-state index contributed by atoms with van der Waals surface area (Å²) < 4.78 is 0.